The van der Waals surface area contributed by atoms with E-state index in [9.17, 15) is 8.42 Å². The van der Waals surface area contributed by atoms with Crippen molar-refractivity contribution < 1.29 is 8.42 Å². The minimum atomic E-state index is -3.19. The summed E-state index contributed by atoms with van der Waals surface area (Å²) >= 11 is 1.70. The van der Waals surface area contributed by atoms with E-state index in [-0.39, 0.29) is 11.3 Å². The third-order valence-electron chi connectivity index (χ3n) is 4.61. The van der Waals surface area contributed by atoms with Crippen molar-refractivity contribution in [1.82, 2.24) is 14.9 Å². The lowest BCUT2D eigenvalue weighted by molar-refractivity contribution is 0.338. The number of rotatable bonds is 6. The molecule has 2 aromatic heterocycles. The van der Waals surface area contributed by atoms with Gasteiger partial charge in [0.15, 0.2) is 9.84 Å². The van der Waals surface area contributed by atoms with Crippen molar-refractivity contribution in [3.05, 3.63) is 65.4 Å². The average molecular weight is 374 g/mol. The van der Waals surface area contributed by atoms with Crippen molar-refractivity contribution in [3.8, 4) is 5.69 Å². The summed E-state index contributed by atoms with van der Waals surface area (Å²) < 4.78 is 27.0. The molecule has 0 radical (unpaired) electrons. The highest BCUT2D eigenvalue weighted by molar-refractivity contribution is 7.92. The number of aromatic nitrogens is 2. The van der Waals surface area contributed by atoms with Crippen molar-refractivity contribution in [2.45, 2.75) is 35.6 Å². The quantitative estimate of drug-likeness (QED) is 0.721. The third kappa shape index (κ3) is 3.40. The number of benzene rings is 1. The number of imidazole rings is 1. The molecule has 25 heavy (non-hydrogen) atoms. The molecule has 3 aromatic rings. The van der Waals surface area contributed by atoms with Gasteiger partial charge in [0.2, 0.25) is 0 Å². The topological polar surface area (TPSA) is 64.0 Å². The first kappa shape index (κ1) is 16.5. The van der Waals surface area contributed by atoms with Gasteiger partial charge in [-0.1, -0.05) is 18.2 Å². The molecule has 7 heteroatoms. The van der Waals surface area contributed by atoms with Gasteiger partial charge in [-0.2, -0.15) is 0 Å². The molecule has 1 aliphatic carbocycles. The van der Waals surface area contributed by atoms with Crippen molar-refractivity contribution in [3.63, 3.8) is 0 Å². The molecule has 1 aliphatic rings. The highest BCUT2D eigenvalue weighted by atomic mass is 32.2. The van der Waals surface area contributed by atoms with Gasteiger partial charge in [-0.25, -0.2) is 13.4 Å². The number of nitrogens with zero attached hydrogens (tertiary/aromatic N) is 2. The fourth-order valence-electron chi connectivity index (χ4n) is 3.04. The predicted molar refractivity (Wildman–Crippen MR) is 98.7 cm³/mol. The van der Waals surface area contributed by atoms with Crippen molar-refractivity contribution in [2.24, 2.45) is 0 Å². The van der Waals surface area contributed by atoms with Gasteiger partial charge >= 0.3 is 0 Å². The van der Waals surface area contributed by atoms with Crippen LogP contribution in [0.15, 0.2) is 65.4 Å². The molecule has 130 valence electrons. The summed E-state index contributed by atoms with van der Waals surface area (Å²) in [6.07, 6.45) is 6.82. The second-order valence-electron chi connectivity index (χ2n) is 6.27. The molecule has 0 bridgehead atoms. The monoisotopic (exact) mass is 373 g/mol. The van der Waals surface area contributed by atoms with Crippen LogP contribution in [0.4, 0.5) is 0 Å². The number of hydrogen-bond donors (Lipinski definition) is 1. The summed E-state index contributed by atoms with van der Waals surface area (Å²) in [6, 6.07) is 11.1. The van der Waals surface area contributed by atoms with Gasteiger partial charge < -0.3 is 9.88 Å². The third-order valence-corrected chi connectivity index (χ3v) is 7.73. The van der Waals surface area contributed by atoms with E-state index in [0.717, 1.165) is 12.2 Å². The molecule has 1 N–H and O–H groups in total. The molecule has 2 heterocycles. The summed E-state index contributed by atoms with van der Waals surface area (Å²) in [5.41, 5.74) is 1.11. The molecule has 0 unspecified atom stereocenters. The highest BCUT2D eigenvalue weighted by Gasteiger charge is 2.39. The summed E-state index contributed by atoms with van der Waals surface area (Å²) in [4.78, 5) is 5.72. The second kappa shape index (κ2) is 6.74. The lowest BCUT2D eigenvalue weighted by atomic mass is 9.92. The molecule has 0 spiro atoms. The summed E-state index contributed by atoms with van der Waals surface area (Å²) in [6.45, 7) is 0.766. The first-order valence-corrected chi connectivity index (χ1v) is 10.6. The van der Waals surface area contributed by atoms with Gasteiger partial charge in [-0.15, -0.1) is 11.3 Å². The summed E-state index contributed by atoms with van der Waals surface area (Å²) in [7, 11) is -3.19. The van der Waals surface area contributed by atoms with Crippen molar-refractivity contribution in [1.29, 1.82) is 0 Å². The number of thiophene rings is 1. The Labute approximate surface area is 151 Å². The molecule has 0 atom stereocenters. The Morgan fingerprint density at radius 1 is 1.24 bits per heavy atom. The Morgan fingerprint density at radius 3 is 2.76 bits per heavy atom. The maximum Gasteiger partial charge on any atom is 0.181 e. The summed E-state index contributed by atoms with van der Waals surface area (Å²) in [5.74, 6) is 0. The minimum Gasteiger partial charge on any atom is -0.309 e. The maximum absolute atomic E-state index is 12.5. The molecule has 1 saturated carbocycles. The van der Waals surface area contributed by atoms with E-state index < -0.39 is 9.84 Å². The zero-order valence-corrected chi connectivity index (χ0v) is 15.2. The van der Waals surface area contributed by atoms with E-state index in [4.69, 9.17) is 0 Å². The first-order chi connectivity index (χ1) is 12.1. The van der Waals surface area contributed by atoms with Crippen LogP contribution in [0.1, 0.15) is 17.7 Å². The molecule has 1 aromatic carbocycles. The normalized spacial score (nSPS) is 20.3. The highest BCUT2D eigenvalue weighted by Crippen LogP contribution is 2.32. The molecular formula is C18H19N3O2S2. The van der Waals surface area contributed by atoms with Crippen LogP contribution in [0.3, 0.4) is 0 Å². The predicted octanol–water partition coefficient (Wildman–Crippen LogP) is 3.03. The zero-order chi connectivity index (χ0) is 17.3. The van der Waals surface area contributed by atoms with Gasteiger partial charge in [-0.3, -0.25) is 0 Å². The number of hydrogen-bond acceptors (Lipinski definition) is 5. The minimum absolute atomic E-state index is 0.266. The fourth-order valence-corrected chi connectivity index (χ4v) is 5.75. The Morgan fingerprint density at radius 2 is 2.04 bits per heavy atom. The van der Waals surface area contributed by atoms with Gasteiger partial charge in [-0.05, 0) is 31.0 Å². The Bertz CT molecular complexity index is 928. The van der Waals surface area contributed by atoms with Gasteiger partial charge in [0.25, 0.3) is 0 Å². The van der Waals surface area contributed by atoms with Crippen LogP contribution in [0.5, 0.6) is 0 Å². The van der Waals surface area contributed by atoms with E-state index >= 15 is 0 Å². The first-order valence-electron chi connectivity index (χ1n) is 8.21. The average Bonchev–Trinajstić information content (AvgIpc) is 3.25. The van der Waals surface area contributed by atoms with Crippen LogP contribution in [0.25, 0.3) is 5.69 Å². The lowest BCUT2D eigenvalue weighted by Crippen LogP contribution is -2.47. The van der Waals surface area contributed by atoms with Crippen LogP contribution >= 0.6 is 11.3 Å². The van der Waals surface area contributed by atoms with E-state index in [1.165, 1.54) is 4.88 Å². The molecule has 1 fully saturated rings. The molecule has 5 nitrogen and oxygen atoms in total. The smallest absolute Gasteiger partial charge is 0.181 e. The summed E-state index contributed by atoms with van der Waals surface area (Å²) in [5, 5.41) is 5.30. The molecule has 0 saturated heterocycles. The van der Waals surface area contributed by atoms with Crippen molar-refractivity contribution >= 4 is 21.2 Å². The van der Waals surface area contributed by atoms with Gasteiger partial charge in [0.1, 0.15) is 0 Å². The Hall–Kier alpha value is -1.96. The largest absolute Gasteiger partial charge is 0.309 e. The van der Waals surface area contributed by atoms with E-state index in [1.54, 1.807) is 48.1 Å². The molecule has 0 amide bonds. The van der Waals surface area contributed by atoms with Crippen LogP contribution in [-0.2, 0) is 16.4 Å². The Kier molecular flexibility index (Phi) is 4.45. The maximum atomic E-state index is 12.5. The van der Waals surface area contributed by atoms with Crippen molar-refractivity contribution in [2.75, 3.05) is 0 Å². The standard InChI is InChI=1S/C18H19N3O2S2/c22-25(23,17-4-2-1-3-5-17)18-8-14(9-18)20-11-16-10-15(12-24-16)21-7-6-19-13-21/h1-7,10,12-14,18,20H,8-9,11H2. The molecular weight excluding hydrogens is 354 g/mol. The zero-order valence-electron chi connectivity index (χ0n) is 13.6. The van der Waals surface area contributed by atoms with Crippen LogP contribution in [0.2, 0.25) is 0 Å². The SMILES string of the molecule is O=S(=O)(c1ccccc1)C1CC(NCc2cc(-n3ccnc3)cs2)C1. The second-order valence-corrected chi connectivity index (χ2v) is 9.49. The Balaban J connectivity index is 1.31. The fraction of sp³-hybridized carbons (Fsp3) is 0.278. The molecule has 0 aliphatic heterocycles. The van der Waals surface area contributed by atoms with Crippen LogP contribution in [0, 0.1) is 0 Å². The molecule has 4 rings (SSSR count). The number of nitrogens with one attached hydrogen (secondary N) is 1. The van der Waals surface area contributed by atoms with E-state index in [0.29, 0.717) is 17.7 Å². The van der Waals surface area contributed by atoms with E-state index in [2.05, 4.69) is 21.7 Å². The van der Waals surface area contributed by atoms with Gasteiger partial charge in [0, 0.05) is 35.2 Å². The van der Waals surface area contributed by atoms with Crippen LogP contribution < -0.4 is 5.32 Å². The van der Waals surface area contributed by atoms with Crippen LogP contribution in [-0.4, -0.2) is 29.3 Å². The van der Waals surface area contributed by atoms with Gasteiger partial charge in [0.05, 0.1) is 22.2 Å². The lowest BCUT2D eigenvalue weighted by Gasteiger charge is -2.35. The number of sulfone groups is 1. The van der Waals surface area contributed by atoms with E-state index in [1.807, 2.05) is 16.8 Å².